The van der Waals surface area contributed by atoms with Crippen molar-refractivity contribution in [3.63, 3.8) is 0 Å². The van der Waals surface area contributed by atoms with Crippen LogP contribution >= 0.6 is 23.2 Å². The fraction of sp³-hybridized carbons (Fsp3) is 0.294. The summed E-state index contributed by atoms with van der Waals surface area (Å²) >= 11 is 11.9. The van der Waals surface area contributed by atoms with E-state index in [9.17, 15) is 8.42 Å². The van der Waals surface area contributed by atoms with Gasteiger partial charge in [-0.15, -0.1) is 0 Å². The Balaban J connectivity index is 1.78. The van der Waals surface area contributed by atoms with Crippen LogP contribution < -0.4 is 5.73 Å². The third-order valence-corrected chi connectivity index (χ3v) is 6.44. The number of rotatable bonds is 4. The second kappa shape index (κ2) is 7.02. The van der Waals surface area contributed by atoms with Crippen LogP contribution in [0.15, 0.2) is 48.5 Å². The highest BCUT2D eigenvalue weighted by Gasteiger charge is 2.37. The van der Waals surface area contributed by atoms with Crippen LogP contribution in [0.3, 0.4) is 0 Å². The lowest BCUT2D eigenvalue weighted by atomic mass is 9.95. The standard InChI is InChI=1S/C17H18Cl2N2O2S/c18-14-6-12(7-15(19)8-14)11-24(22,23)21-9-16(17(20)10-21)13-4-2-1-3-5-13/h1-8,16-17H,9-11,20H2/t16-,17+/m0/s1. The van der Waals surface area contributed by atoms with Gasteiger partial charge in [0.15, 0.2) is 0 Å². The Morgan fingerprint density at radius 2 is 1.67 bits per heavy atom. The highest BCUT2D eigenvalue weighted by Crippen LogP contribution is 2.30. The van der Waals surface area contributed by atoms with Gasteiger partial charge in [-0.3, -0.25) is 0 Å². The summed E-state index contributed by atoms with van der Waals surface area (Å²) in [4.78, 5) is 0. The van der Waals surface area contributed by atoms with Crippen molar-refractivity contribution in [2.45, 2.75) is 17.7 Å². The maximum Gasteiger partial charge on any atom is 0.218 e. The molecular formula is C17H18Cl2N2O2S. The predicted molar refractivity (Wildman–Crippen MR) is 97.8 cm³/mol. The van der Waals surface area contributed by atoms with Crippen molar-refractivity contribution >= 4 is 33.2 Å². The number of hydrogen-bond acceptors (Lipinski definition) is 3. The molecule has 1 aliphatic heterocycles. The van der Waals surface area contributed by atoms with E-state index in [-0.39, 0.29) is 17.7 Å². The molecule has 1 heterocycles. The molecule has 4 nitrogen and oxygen atoms in total. The minimum Gasteiger partial charge on any atom is -0.326 e. The first-order valence-electron chi connectivity index (χ1n) is 7.58. The summed E-state index contributed by atoms with van der Waals surface area (Å²) in [6.45, 7) is 0.706. The van der Waals surface area contributed by atoms with Crippen LogP contribution in [0, 0.1) is 0 Å². The van der Waals surface area contributed by atoms with Crippen molar-refractivity contribution in [2.75, 3.05) is 13.1 Å². The topological polar surface area (TPSA) is 63.4 Å². The van der Waals surface area contributed by atoms with Gasteiger partial charge in [0.05, 0.1) is 5.75 Å². The fourth-order valence-corrected chi connectivity index (χ4v) is 5.20. The van der Waals surface area contributed by atoms with E-state index >= 15 is 0 Å². The van der Waals surface area contributed by atoms with Gasteiger partial charge in [0.1, 0.15) is 0 Å². The summed E-state index contributed by atoms with van der Waals surface area (Å²) in [6, 6.07) is 14.4. The molecule has 0 bridgehead atoms. The minimum atomic E-state index is -3.48. The molecule has 2 N–H and O–H groups in total. The average molecular weight is 385 g/mol. The summed E-state index contributed by atoms with van der Waals surface area (Å²) in [7, 11) is -3.48. The van der Waals surface area contributed by atoms with Gasteiger partial charge in [0, 0.05) is 35.1 Å². The molecule has 2 aromatic carbocycles. The van der Waals surface area contributed by atoms with Gasteiger partial charge in [0.2, 0.25) is 10.0 Å². The summed E-state index contributed by atoms with van der Waals surface area (Å²) in [5.74, 6) is -0.134. The van der Waals surface area contributed by atoms with E-state index in [1.807, 2.05) is 30.3 Å². The molecule has 1 fully saturated rings. The Morgan fingerprint density at radius 3 is 2.29 bits per heavy atom. The fourth-order valence-electron chi connectivity index (χ4n) is 3.07. The Kier molecular flexibility index (Phi) is 5.18. The van der Waals surface area contributed by atoms with Crippen LogP contribution in [0.2, 0.25) is 10.0 Å². The number of sulfonamides is 1. The first kappa shape index (κ1) is 17.7. The molecular weight excluding hydrogens is 367 g/mol. The van der Waals surface area contributed by atoms with Crippen LogP contribution in [0.5, 0.6) is 0 Å². The van der Waals surface area contributed by atoms with Gasteiger partial charge < -0.3 is 5.73 Å². The van der Waals surface area contributed by atoms with Crippen molar-refractivity contribution in [3.05, 3.63) is 69.7 Å². The molecule has 0 amide bonds. The highest BCUT2D eigenvalue weighted by atomic mass is 35.5. The molecule has 2 atom stereocenters. The summed E-state index contributed by atoms with van der Waals surface area (Å²) in [5.41, 5.74) is 7.83. The Labute approximate surface area is 152 Å². The van der Waals surface area contributed by atoms with Gasteiger partial charge in [-0.25, -0.2) is 8.42 Å². The molecule has 128 valence electrons. The maximum atomic E-state index is 12.7. The van der Waals surface area contributed by atoms with E-state index in [2.05, 4.69) is 0 Å². The molecule has 2 aromatic rings. The summed E-state index contributed by atoms with van der Waals surface area (Å²) < 4.78 is 26.9. The lowest BCUT2D eigenvalue weighted by Gasteiger charge is -2.17. The third kappa shape index (κ3) is 3.92. The van der Waals surface area contributed by atoms with Crippen LogP contribution in [0.1, 0.15) is 17.0 Å². The Hall–Kier alpha value is -1.11. The molecule has 3 rings (SSSR count). The molecule has 7 heteroatoms. The number of hydrogen-bond donors (Lipinski definition) is 1. The van der Waals surface area contributed by atoms with E-state index in [0.717, 1.165) is 5.56 Å². The van der Waals surface area contributed by atoms with Crippen molar-refractivity contribution in [2.24, 2.45) is 5.73 Å². The molecule has 0 aliphatic carbocycles. The largest absolute Gasteiger partial charge is 0.326 e. The van der Waals surface area contributed by atoms with Gasteiger partial charge in [-0.2, -0.15) is 4.31 Å². The minimum absolute atomic E-state index is 0.00363. The summed E-state index contributed by atoms with van der Waals surface area (Å²) in [6.07, 6.45) is 0. The van der Waals surface area contributed by atoms with Gasteiger partial charge in [-0.1, -0.05) is 53.5 Å². The first-order valence-corrected chi connectivity index (χ1v) is 9.95. The summed E-state index contributed by atoms with van der Waals surface area (Å²) in [5, 5.41) is 0.848. The second-order valence-electron chi connectivity index (χ2n) is 6.03. The van der Waals surface area contributed by atoms with Crippen LogP contribution in [-0.2, 0) is 15.8 Å². The molecule has 0 unspecified atom stereocenters. The van der Waals surface area contributed by atoms with Crippen LogP contribution in [0.4, 0.5) is 0 Å². The molecule has 0 saturated carbocycles. The zero-order valence-electron chi connectivity index (χ0n) is 12.9. The average Bonchev–Trinajstić information content (AvgIpc) is 2.89. The molecule has 0 radical (unpaired) electrons. The molecule has 0 spiro atoms. The van der Waals surface area contributed by atoms with Gasteiger partial charge >= 0.3 is 0 Å². The molecule has 0 aromatic heterocycles. The number of nitrogens with zero attached hydrogens (tertiary/aromatic N) is 1. The molecule has 1 aliphatic rings. The molecule has 1 saturated heterocycles. The van der Waals surface area contributed by atoms with E-state index in [4.69, 9.17) is 28.9 Å². The first-order chi connectivity index (χ1) is 11.3. The van der Waals surface area contributed by atoms with Crippen molar-refractivity contribution in [1.82, 2.24) is 4.31 Å². The van der Waals surface area contributed by atoms with Crippen molar-refractivity contribution in [3.8, 4) is 0 Å². The normalized spacial score (nSPS) is 22.0. The quantitative estimate of drug-likeness (QED) is 0.879. The van der Waals surface area contributed by atoms with Crippen LogP contribution in [0.25, 0.3) is 0 Å². The smallest absolute Gasteiger partial charge is 0.218 e. The number of benzene rings is 2. The Bertz CT molecular complexity index is 807. The predicted octanol–water partition coefficient (Wildman–Crippen LogP) is 3.25. The number of halogens is 2. The van der Waals surface area contributed by atoms with E-state index < -0.39 is 10.0 Å². The zero-order chi connectivity index (χ0) is 17.3. The van der Waals surface area contributed by atoms with Crippen LogP contribution in [-0.4, -0.2) is 31.9 Å². The van der Waals surface area contributed by atoms with E-state index in [1.165, 1.54) is 4.31 Å². The third-order valence-electron chi connectivity index (χ3n) is 4.22. The zero-order valence-corrected chi connectivity index (χ0v) is 15.2. The SMILES string of the molecule is N[C@@H]1CN(S(=O)(=O)Cc2cc(Cl)cc(Cl)c2)C[C@H]1c1ccccc1. The van der Waals surface area contributed by atoms with E-state index in [1.54, 1.807) is 18.2 Å². The van der Waals surface area contributed by atoms with Gasteiger partial charge in [-0.05, 0) is 29.3 Å². The lowest BCUT2D eigenvalue weighted by Crippen LogP contribution is -2.33. The second-order valence-corrected chi connectivity index (χ2v) is 8.87. The highest BCUT2D eigenvalue weighted by molar-refractivity contribution is 7.88. The van der Waals surface area contributed by atoms with Gasteiger partial charge in [0.25, 0.3) is 0 Å². The molecule has 24 heavy (non-hydrogen) atoms. The lowest BCUT2D eigenvalue weighted by molar-refractivity contribution is 0.469. The van der Waals surface area contributed by atoms with Crippen molar-refractivity contribution < 1.29 is 8.42 Å². The monoisotopic (exact) mass is 384 g/mol. The van der Waals surface area contributed by atoms with E-state index in [0.29, 0.717) is 28.7 Å². The number of nitrogens with two attached hydrogens (primary N) is 1. The maximum absolute atomic E-state index is 12.7. The Morgan fingerprint density at radius 1 is 1.04 bits per heavy atom. The van der Waals surface area contributed by atoms with Crippen molar-refractivity contribution in [1.29, 1.82) is 0 Å².